The molecule has 3 heterocycles. The molecule has 4 rings (SSSR count). The van der Waals surface area contributed by atoms with Crippen LogP contribution in [0.1, 0.15) is 0 Å². The molecule has 3 aromatic heterocycles. The molecule has 4 aromatic rings. The molecule has 5 heteroatoms. The van der Waals surface area contributed by atoms with E-state index < -0.39 is 0 Å². The van der Waals surface area contributed by atoms with Crippen molar-refractivity contribution in [3.63, 3.8) is 0 Å². The van der Waals surface area contributed by atoms with Gasteiger partial charge in [0.2, 0.25) is 0 Å². The van der Waals surface area contributed by atoms with Gasteiger partial charge >= 0.3 is 0 Å². The maximum atomic E-state index is 13.4. The summed E-state index contributed by atoms with van der Waals surface area (Å²) >= 11 is 0. The third kappa shape index (κ3) is 1.74. The minimum Gasteiger partial charge on any atom is -0.383 e. The topological polar surface area (TPSA) is 56.2 Å². The molecule has 1 aromatic carbocycles. The van der Waals surface area contributed by atoms with Gasteiger partial charge in [0.15, 0.2) is 0 Å². The van der Waals surface area contributed by atoms with E-state index in [1.54, 1.807) is 16.7 Å². The number of pyridine rings is 2. The Morgan fingerprint density at radius 1 is 1.05 bits per heavy atom. The minimum atomic E-state index is -0.349. The molecule has 0 aliphatic heterocycles. The van der Waals surface area contributed by atoms with Crippen molar-refractivity contribution in [1.29, 1.82) is 0 Å². The quantitative estimate of drug-likeness (QED) is 0.581. The number of hydrogen-bond donors (Lipinski definition) is 1. The predicted octanol–water partition coefficient (Wildman–Crippen LogP) is 3.27. The molecule has 0 atom stereocenters. The molecule has 0 aliphatic rings. The van der Waals surface area contributed by atoms with Crippen molar-refractivity contribution < 1.29 is 4.39 Å². The summed E-state index contributed by atoms with van der Waals surface area (Å²) in [5.74, 6) is 0.0681. The second-order valence-corrected chi connectivity index (χ2v) is 4.80. The van der Waals surface area contributed by atoms with Crippen LogP contribution in [0.5, 0.6) is 0 Å². The zero-order chi connectivity index (χ0) is 14.4. The molecule has 0 saturated carbocycles. The Balaban J connectivity index is 2.07. The maximum absolute atomic E-state index is 13.4. The Hall–Kier alpha value is -2.95. The van der Waals surface area contributed by atoms with E-state index in [-0.39, 0.29) is 5.82 Å². The van der Waals surface area contributed by atoms with Crippen LogP contribution in [0.15, 0.2) is 54.9 Å². The second kappa shape index (κ2) is 4.28. The number of imidazole rings is 1. The van der Waals surface area contributed by atoms with Crippen LogP contribution in [0.4, 0.5) is 10.2 Å². The van der Waals surface area contributed by atoms with Crippen molar-refractivity contribution in [2.24, 2.45) is 0 Å². The van der Waals surface area contributed by atoms with Crippen LogP contribution >= 0.6 is 0 Å². The highest BCUT2D eigenvalue weighted by Gasteiger charge is 2.14. The number of aromatic nitrogens is 3. The molecular weight excluding hydrogens is 267 g/mol. The molecule has 0 unspecified atom stereocenters. The van der Waals surface area contributed by atoms with Crippen molar-refractivity contribution in [2.75, 3.05) is 5.73 Å². The van der Waals surface area contributed by atoms with Gasteiger partial charge in [-0.2, -0.15) is 0 Å². The summed E-state index contributed by atoms with van der Waals surface area (Å²) in [5.41, 5.74) is 9.16. The van der Waals surface area contributed by atoms with Gasteiger partial charge in [0.05, 0.1) is 5.52 Å². The zero-order valence-electron chi connectivity index (χ0n) is 11.0. The number of halogens is 1. The van der Waals surface area contributed by atoms with Gasteiger partial charge in [-0.3, -0.25) is 9.38 Å². The van der Waals surface area contributed by atoms with Crippen LogP contribution in [0, 0.1) is 5.82 Å². The Morgan fingerprint density at radius 3 is 2.81 bits per heavy atom. The lowest BCUT2D eigenvalue weighted by atomic mass is 10.1. The Labute approximate surface area is 119 Å². The van der Waals surface area contributed by atoms with Crippen molar-refractivity contribution in [3.8, 4) is 11.3 Å². The second-order valence-electron chi connectivity index (χ2n) is 4.80. The summed E-state index contributed by atoms with van der Waals surface area (Å²) in [5, 5.41) is 0.968. The van der Waals surface area contributed by atoms with E-state index in [2.05, 4.69) is 9.97 Å². The normalized spacial score (nSPS) is 11.3. The predicted molar refractivity (Wildman–Crippen MR) is 80.3 cm³/mol. The number of hydrogen-bond acceptors (Lipinski definition) is 3. The molecule has 0 radical (unpaired) electrons. The molecule has 0 saturated heterocycles. The van der Waals surface area contributed by atoms with E-state index in [0.29, 0.717) is 17.2 Å². The summed E-state index contributed by atoms with van der Waals surface area (Å²) in [6.45, 7) is 0. The first kappa shape index (κ1) is 11.8. The Bertz CT molecular complexity index is 969. The van der Waals surface area contributed by atoms with Crippen LogP contribution in [-0.2, 0) is 0 Å². The molecule has 0 amide bonds. The highest BCUT2D eigenvalue weighted by atomic mass is 19.1. The van der Waals surface area contributed by atoms with Gasteiger partial charge in [0, 0.05) is 23.3 Å². The van der Waals surface area contributed by atoms with E-state index in [4.69, 9.17) is 5.73 Å². The zero-order valence-corrected chi connectivity index (χ0v) is 11.0. The molecule has 0 aliphatic carbocycles. The largest absolute Gasteiger partial charge is 0.383 e. The monoisotopic (exact) mass is 278 g/mol. The molecule has 2 N–H and O–H groups in total. The van der Waals surface area contributed by atoms with Crippen LogP contribution in [-0.4, -0.2) is 14.4 Å². The third-order valence-corrected chi connectivity index (χ3v) is 3.52. The lowest BCUT2D eigenvalue weighted by molar-refractivity contribution is 0.619. The standard InChI is InChI=1S/C16H11FN4/c17-10-5-6-14-20-15(16(18)21(14)9-10)12-7-8-19-13-4-2-1-3-11(12)13/h1-9H,18H2. The van der Waals surface area contributed by atoms with Crippen LogP contribution in [0.25, 0.3) is 27.8 Å². The van der Waals surface area contributed by atoms with Gasteiger partial charge in [-0.05, 0) is 24.3 Å². The Kier molecular flexibility index (Phi) is 2.41. The fourth-order valence-corrected chi connectivity index (χ4v) is 2.54. The van der Waals surface area contributed by atoms with Crippen molar-refractivity contribution in [3.05, 3.63) is 60.7 Å². The van der Waals surface area contributed by atoms with Gasteiger partial charge < -0.3 is 5.73 Å². The maximum Gasteiger partial charge on any atom is 0.140 e. The van der Waals surface area contributed by atoms with Gasteiger partial charge in [-0.25, -0.2) is 9.37 Å². The van der Waals surface area contributed by atoms with E-state index in [1.165, 1.54) is 12.3 Å². The SMILES string of the molecule is Nc1c(-c2ccnc3ccccc23)nc2ccc(F)cn12. The molecule has 21 heavy (non-hydrogen) atoms. The highest BCUT2D eigenvalue weighted by Crippen LogP contribution is 2.31. The van der Waals surface area contributed by atoms with Gasteiger partial charge in [0.25, 0.3) is 0 Å². The first-order valence-corrected chi connectivity index (χ1v) is 6.51. The molecule has 0 fully saturated rings. The number of nitrogens with two attached hydrogens (primary N) is 1. The average molecular weight is 278 g/mol. The molecule has 0 bridgehead atoms. The van der Waals surface area contributed by atoms with Crippen LogP contribution in [0.3, 0.4) is 0 Å². The van der Waals surface area contributed by atoms with E-state index in [1.807, 2.05) is 30.3 Å². The smallest absolute Gasteiger partial charge is 0.140 e. The lowest BCUT2D eigenvalue weighted by Gasteiger charge is -2.04. The van der Waals surface area contributed by atoms with Crippen LogP contribution < -0.4 is 5.73 Å². The average Bonchev–Trinajstić information content (AvgIpc) is 2.83. The summed E-state index contributed by atoms with van der Waals surface area (Å²) < 4.78 is 14.9. The molecule has 0 spiro atoms. The first-order valence-electron chi connectivity index (χ1n) is 6.51. The van der Waals surface area contributed by atoms with Gasteiger partial charge in [-0.1, -0.05) is 18.2 Å². The molecular formula is C16H11FN4. The number of nitrogen functional groups attached to an aromatic ring is 1. The summed E-state index contributed by atoms with van der Waals surface area (Å²) in [6.07, 6.45) is 3.06. The number of fused-ring (bicyclic) bond motifs is 2. The van der Waals surface area contributed by atoms with Gasteiger partial charge in [-0.15, -0.1) is 0 Å². The number of nitrogens with zero attached hydrogens (tertiary/aromatic N) is 3. The fourth-order valence-electron chi connectivity index (χ4n) is 2.54. The molecule has 102 valence electrons. The first-order chi connectivity index (χ1) is 10.2. The summed E-state index contributed by atoms with van der Waals surface area (Å²) in [6, 6.07) is 12.6. The van der Waals surface area contributed by atoms with Crippen molar-refractivity contribution in [2.45, 2.75) is 0 Å². The van der Waals surface area contributed by atoms with Crippen molar-refractivity contribution >= 4 is 22.4 Å². The number of anilines is 1. The lowest BCUT2D eigenvalue weighted by Crippen LogP contribution is -1.95. The van der Waals surface area contributed by atoms with Gasteiger partial charge in [0.1, 0.15) is 23.0 Å². The summed E-state index contributed by atoms with van der Waals surface area (Å²) in [4.78, 5) is 8.85. The van der Waals surface area contributed by atoms with Crippen LogP contribution in [0.2, 0.25) is 0 Å². The summed E-state index contributed by atoms with van der Waals surface area (Å²) in [7, 11) is 0. The van der Waals surface area contributed by atoms with Crippen molar-refractivity contribution in [1.82, 2.24) is 14.4 Å². The third-order valence-electron chi connectivity index (χ3n) is 3.52. The fraction of sp³-hybridized carbons (Fsp3) is 0. The number of rotatable bonds is 1. The minimum absolute atomic E-state index is 0.349. The van der Waals surface area contributed by atoms with E-state index in [0.717, 1.165) is 16.5 Å². The number of para-hydroxylation sites is 1. The van der Waals surface area contributed by atoms with E-state index >= 15 is 0 Å². The molecule has 4 nitrogen and oxygen atoms in total. The highest BCUT2D eigenvalue weighted by molar-refractivity contribution is 5.96. The Morgan fingerprint density at radius 2 is 1.90 bits per heavy atom. The number of benzene rings is 1. The van der Waals surface area contributed by atoms with E-state index in [9.17, 15) is 4.39 Å².